The Kier molecular flexibility index (Phi) is 5.01. The van der Waals surface area contributed by atoms with E-state index < -0.39 is 0 Å². The average molecular weight is 601 g/mol. The first kappa shape index (κ1) is 26.0. The molecule has 0 fully saturated rings. The summed E-state index contributed by atoms with van der Waals surface area (Å²) in [7, 11) is 10.4. The van der Waals surface area contributed by atoms with Crippen LogP contribution >= 0.6 is 0 Å². The molecule has 45 heavy (non-hydrogen) atoms. The largest absolute Gasteiger partial charge is 0.493 e. The summed E-state index contributed by atoms with van der Waals surface area (Å²) in [5.74, 6) is 7.12. The predicted molar refractivity (Wildman–Crippen MR) is 170 cm³/mol. The minimum absolute atomic E-state index is 0.366. The summed E-state index contributed by atoms with van der Waals surface area (Å²) in [5, 5.41) is 0. The van der Waals surface area contributed by atoms with Crippen LogP contribution in [0, 0.1) is 0 Å². The number of benzene rings is 4. The van der Waals surface area contributed by atoms with E-state index >= 15 is 0 Å². The van der Waals surface area contributed by atoms with Crippen molar-refractivity contribution in [1.82, 2.24) is 0 Å². The topological polar surface area (TPSA) is 55.4 Å². The quantitative estimate of drug-likeness (QED) is 0.226. The molecule has 6 heteroatoms. The first-order valence-corrected chi connectivity index (χ1v) is 16.1. The van der Waals surface area contributed by atoms with Crippen molar-refractivity contribution in [2.45, 2.75) is 54.8 Å². The number of ether oxygens (including phenoxy) is 6. The minimum Gasteiger partial charge on any atom is -0.493 e. The van der Waals surface area contributed by atoms with Gasteiger partial charge in [0.1, 0.15) is 0 Å². The molecule has 0 aliphatic heterocycles. The van der Waals surface area contributed by atoms with Gasteiger partial charge in [-0.1, -0.05) is 0 Å². The Hall–Kier alpha value is -4.32. The normalized spacial score (nSPS) is 25.7. The lowest BCUT2D eigenvalue weighted by Gasteiger charge is -2.35. The summed E-state index contributed by atoms with van der Waals surface area (Å²) in [5.41, 5.74) is 18.1. The predicted octanol–water partition coefficient (Wildman–Crippen LogP) is 7.68. The fourth-order valence-electron chi connectivity index (χ4n) is 10.8. The third-order valence-electron chi connectivity index (χ3n) is 12.3. The van der Waals surface area contributed by atoms with Crippen LogP contribution in [-0.2, 0) is 0 Å². The first-order chi connectivity index (χ1) is 22.0. The molecule has 4 aromatic rings. The highest BCUT2D eigenvalue weighted by atomic mass is 16.5. The minimum atomic E-state index is 0.366. The van der Waals surface area contributed by atoms with Crippen LogP contribution in [-0.4, -0.2) is 42.7 Å². The van der Waals surface area contributed by atoms with Crippen molar-refractivity contribution in [3.8, 4) is 34.5 Å². The molecule has 6 nitrogen and oxygen atoms in total. The number of rotatable bonds is 6. The van der Waals surface area contributed by atoms with Crippen LogP contribution in [0.3, 0.4) is 0 Å². The van der Waals surface area contributed by atoms with E-state index in [0.717, 1.165) is 53.8 Å². The van der Waals surface area contributed by atoms with Crippen LogP contribution in [0.5, 0.6) is 34.5 Å². The zero-order valence-corrected chi connectivity index (χ0v) is 26.5. The number of methoxy groups -OCH3 is 6. The van der Waals surface area contributed by atoms with Gasteiger partial charge in [-0.2, -0.15) is 0 Å². The molecule has 6 aliphatic rings. The maximum absolute atomic E-state index is 5.81. The molecular formula is C39H36O6. The SMILES string of the molecule is COc1cc2c(cc1OC)C1CC2c2c3c(c4c(c21)C1CC4c2cc(OC)c(OC)cc21)C1CC3c2cc(OC)c(OC)cc21. The second-order valence-corrected chi connectivity index (χ2v) is 13.5. The third-order valence-corrected chi connectivity index (χ3v) is 12.3. The molecule has 0 spiro atoms. The van der Waals surface area contributed by atoms with Gasteiger partial charge in [0.25, 0.3) is 0 Å². The van der Waals surface area contributed by atoms with Gasteiger partial charge in [-0.25, -0.2) is 0 Å². The first-order valence-electron chi connectivity index (χ1n) is 16.1. The molecule has 0 amide bonds. The highest BCUT2D eigenvalue weighted by Gasteiger charge is 2.57. The van der Waals surface area contributed by atoms with Crippen LogP contribution in [0.15, 0.2) is 36.4 Å². The molecule has 0 radical (unpaired) electrons. The Bertz CT molecular complexity index is 1620. The smallest absolute Gasteiger partial charge is 0.161 e. The maximum Gasteiger partial charge on any atom is 0.161 e. The number of fused-ring (bicyclic) bond motifs is 27. The molecule has 0 N–H and O–H groups in total. The fourth-order valence-corrected chi connectivity index (χ4v) is 10.8. The summed E-state index contributed by atoms with van der Waals surface area (Å²) in [6.45, 7) is 0. The third kappa shape index (κ3) is 2.89. The van der Waals surface area contributed by atoms with Crippen LogP contribution in [0.25, 0.3) is 0 Å². The van der Waals surface area contributed by atoms with Gasteiger partial charge in [0.2, 0.25) is 0 Å². The van der Waals surface area contributed by atoms with Crippen LogP contribution < -0.4 is 28.4 Å². The summed E-state index contributed by atoms with van der Waals surface area (Å²) < 4.78 is 34.9. The molecule has 6 aliphatic carbocycles. The standard InChI is InChI=1S/C39H36O6/c1-40-28-10-16-17(11-29(28)41-2)23-7-22(16)34-35(23)37-25-9-27(21-15-33(45-6)32(44-5)14-20(21)25)39(37)38-26-8-24(36(34)38)18-12-30(42-3)31(43-4)13-19(18)26/h10-15,22-27H,7-9H2,1-6H3. The molecule has 0 aromatic heterocycles. The van der Waals surface area contributed by atoms with Gasteiger partial charge in [-0.3, -0.25) is 0 Å². The number of hydrogen-bond acceptors (Lipinski definition) is 6. The molecule has 228 valence electrons. The highest BCUT2D eigenvalue weighted by Crippen LogP contribution is 2.72. The molecule has 0 heterocycles. The Morgan fingerprint density at radius 2 is 0.467 bits per heavy atom. The number of hydrogen-bond donors (Lipinski definition) is 0. The summed E-state index contributed by atoms with van der Waals surface area (Å²) in [4.78, 5) is 0. The molecule has 4 aromatic carbocycles. The zero-order valence-electron chi connectivity index (χ0n) is 26.5. The van der Waals surface area contributed by atoms with Crippen LogP contribution in [0.2, 0.25) is 0 Å². The van der Waals surface area contributed by atoms with E-state index in [4.69, 9.17) is 28.4 Å². The van der Waals surface area contributed by atoms with Crippen LogP contribution in [0.4, 0.5) is 0 Å². The Balaban J connectivity index is 1.25. The van der Waals surface area contributed by atoms with E-state index in [1.165, 1.54) is 33.4 Å². The van der Waals surface area contributed by atoms with Crippen molar-refractivity contribution in [2.75, 3.05) is 42.7 Å². The molecule has 6 unspecified atom stereocenters. The van der Waals surface area contributed by atoms with Gasteiger partial charge in [0.15, 0.2) is 34.5 Å². The van der Waals surface area contributed by atoms with E-state index in [-0.39, 0.29) is 0 Å². The van der Waals surface area contributed by atoms with E-state index in [9.17, 15) is 0 Å². The molecule has 10 rings (SSSR count). The van der Waals surface area contributed by atoms with Gasteiger partial charge >= 0.3 is 0 Å². The van der Waals surface area contributed by atoms with Gasteiger partial charge < -0.3 is 28.4 Å². The second kappa shape index (κ2) is 8.68. The van der Waals surface area contributed by atoms with E-state index in [0.29, 0.717) is 35.5 Å². The Morgan fingerprint density at radius 1 is 0.311 bits per heavy atom. The van der Waals surface area contributed by atoms with Crippen molar-refractivity contribution in [1.29, 1.82) is 0 Å². The molecule has 6 atom stereocenters. The Morgan fingerprint density at radius 3 is 0.600 bits per heavy atom. The molecule has 0 saturated heterocycles. The van der Waals surface area contributed by atoms with Gasteiger partial charge in [0.05, 0.1) is 42.7 Å². The van der Waals surface area contributed by atoms with E-state index in [1.54, 1.807) is 76.0 Å². The summed E-state index contributed by atoms with van der Waals surface area (Å²) >= 11 is 0. The summed E-state index contributed by atoms with van der Waals surface area (Å²) in [6.07, 6.45) is 3.36. The lowest BCUT2D eigenvalue weighted by atomic mass is 9.69. The van der Waals surface area contributed by atoms with Crippen molar-refractivity contribution >= 4 is 0 Å². The van der Waals surface area contributed by atoms with Gasteiger partial charge in [-0.15, -0.1) is 0 Å². The Labute approximate surface area is 263 Å². The van der Waals surface area contributed by atoms with E-state index in [2.05, 4.69) is 36.4 Å². The molecular weight excluding hydrogens is 564 g/mol. The monoisotopic (exact) mass is 600 g/mol. The van der Waals surface area contributed by atoms with Gasteiger partial charge in [0, 0.05) is 35.5 Å². The lowest BCUT2D eigenvalue weighted by Crippen LogP contribution is -2.19. The lowest BCUT2D eigenvalue weighted by molar-refractivity contribution is 0.354. The van der Waals surface area contributed by atoms with Crippen molar-refractivity contribution < 1.29 is 28.4 Å². The van der Waals surface area contributed by atoms with Crippen LogP contribution in [0.1, 0.15) is 122 Å². The van der Waals surface area contributed by atoms with Crippen molar-refractivity contribution in [3.05, 3.63) is 103 Å². The van der Waals surface area contributed by atoms with E-state index in [1.807, 2.05) is 0 Å². The molecule has 6 bridgehead atoms. The highest BCUT2D eigenvalue weighted by molar-refractivity contribution is 5.79. The van der Waals surface area contributed by atoms with Crippen molar-refractivity contribution in [2.24, 2.45) is 0 Å². The summed E-state index contributed by atoms with van der Waals surface area (Å²) in [6, 6.07) is 13.6. The van der Waals surface area contributed by atoms with Gasteiger partial charge in [-0.05, 0) is 122 Å². The van der Waals surface area contributed by atoms with Crippen molar-refractivity contribution in [3.63, 3.8) is 0 Å². The zero-order chi connectivity index (χ0) is 30.5. The fraction of sp³-hybridized carbons (Fsp3) is 0.385. The maximum atomic E-state index is 5.81. The average Bonchev–Trinajstić information content (AvgIpc) is 3.93. The second-order valence-electron chi connectivity index (χ2n) is 13.5. The molecule has 0 saturated carbocycles.